The van der Waals surface area contributed by atoms with Gasteiger partial charge in [0, 0.05) is 37.8 Å². The molecule has 0 unspecified atom stereocenters. The van der Waals surface area contributed by atoms with E-state index >= 15 is 0 Å². The average molecular weight is 463 g/mol. The van der Waals surface area contributed by atoms with E-state index in [1.54, 1.807) is 27.4 Å². The fraction of sp³-hybridized carbons (Fsp3) is 0.381. The van der Waals surface area contributed by atoms with Gasteiger partial charge in [0.15, 0.2) is 5.82 Å². The minimum atomic E-state index is -3.33. The van der Waals surface area contributed by atoms with Crippen molar-refractivity contribution in [1.29, 1.82) is 0 Å². The van der Waals surface area contributed by atoms with Crippen molar-refractivity contribution in [3.05, 3.63) is 42.7 Å². The minimum absolute atomic E-state index is 0.0290. The second kappa shape index (κ2) is 10.1. The van der Waals surface area contributed by atoms with Crippen molar-refractivity contribution in [3.8, 4) is 17.3 Å². The first kappa shape index (κ1) is 23.6. The normalized spacial score (nSPS) is 18.4. The molecule has 10 nitrogen and oxygen atoms in total. The molecule has 0 radical (unpaired) electrons. The fourth-order valence-electron chi connectivity index (χ4n) is 3.66. The summed E-state index contributed by atoms with van der Waals surface area (Å²) in [6.45, 7) is 0.586. The third-order valence-electron chi connectivity index (χ3n) is 5.30. The van der Waals surface area contributed by atoms with Gasteiger partial charge in [0.25, 0.3) is 6.47 Å². The molecule has 0 saturated carbocycles. The van der Waals surface area contributed by atoms with Gasteiger partial charge < -0.3 is 19.1 Å². The lowest BCUT2D eigenvalue weighted by molar-refractivity contribution is -0.122. The van der Waals surface area contributed by atoms with Crippen molar-refractivity contribution >= 4 is 27.4 Å². The highest BCUT2D eigenvalue weighted by atomic mass is 32.2. The Morgan fingerprint density at radius 3 is 2.72 bits per heavy atom. The summed E-state index contributed by atoms with van der Waals surface area (Å²) in [6, 6.07) is 9.56. The highest BCUT2D eigenvalue weighted by molar-refractivity contribution is 7.89. The molecule has 0 bridgehead atoms. The Kier molecular flexibility index (Phi) is 7.44. The number of nitrogens with zero attached hydrogens (tertiary/aromatic N) is 4. The predicted molar refractivity (Wildman–Crippen MR) is 119 cm³/mol. The van der Waals surface area contributed by atoms with Crippen LogP contribution in [-0.4, -0.2) is 79.0 Å². The maximum atomic E-state index is 12.4. The van der Waals surface area contributed by atoms with Gasteiger partial charge in [-0.05, 0) is 12.1 Å². The molecule has 0 amide bonds. The molecular formula is C21H26N4O6S. The SMILES string of the molecule is COc1cccc2ccc(-c3nccn3[C@@H]3COC[C@@H]3CS(=O)(=O)N(C)C)nc12.O=CO. The summed E-state index contributed by atoms with van der Waals surface area (Å²) in [4.78, 5) is 17.6. The van der Waals surface area contributed by atoms with Crippen molar-refractivity contribution in [2.75, 3.05) is 40.2 Å². The number of methoxy groups -OCH3 is 1. The molecule has 1 fully saturated rings. The molecule has 32 heavy (non-hydrogen) atoms. The summed E-state index contributed by atoms with van der Waals surface area (Å²) in [7, 11) is 1.39. The van der Waals surface area contributed by atoms with Crippen LogP contribution in [0.5, 0.6) is 5.75 Å². The molecule has 3 heterocycles. The third kappa shape index (κ3) is 4.90. The van der Waals surface area contributed by atoms with Crippen LogP contribution in [0, 0.1) is 5.92 Å². The Balaban J connectivity index is 0.000000913. The topological polar surface area (TPSA) is 124 Å². The first-order valence-corrected chi connectivity index (χ1v) is 11.5. The van der Waals surface area contributed by atoms with Gasteiger partial charge in [-0.25, -0.2) is 22.7 Å². The lowest BCUT2D eigenvalue weighted by Gasteiger charge is -2.22. The van der Waals surface area contributed by atoms with E-state index < -0.39 is 10.0 Å². The van der Waals surface area contributed by atoms with Gasteiger partial charge in [-0.15, -0.1) is 0 Å². The molecule has 1 aliphatic heterocycles. The zero-order valence-corrected chi connectivity index (χ0v) is 18.9. The molecule has 2 aromatic heterocycles. The molecule has 1 aromatic carbocycles. The van der Waals surface area contributed by atoms with E-state index in [0.29, 0.717) is 30.5 Å². The van der Waals surface area contributed by atoms with Crippen molar-refractivity contribution in [2.45, 2.75) is 6.04 Å². The number of carboxylic acid groups (broad SMARTS) is 1. The summed E-state index contributed by atoms with van der Waals surface area (Å²) in [5, 5.41) is 7.87. The molecule has 1 N–H and O–H groups in total. The Bertz CT molecular complexity index is 1180. The largest absolute Gasteiger partial charge is 0.494 e. The highest BCUT2D eigenvalue weighted by Gasteiger charge is 2.35. The maximum absolute atomic E-state index is 12.4. The van der Waals surface area contributed by atoms with E-state index in [2.05, 4.69) is 4.98 Å². The van der Waals surface area contributed by atoms with E-state index in [0.717, 1.165) is 10.9 Å². The van der Waals surface area contributed by atoms with Gasteiger partial charge in [0.05, 0.1) is 32.1 Å². The second-order valence-electron chi connectivity index (χ2n) is 7.42. The molecule has 11 heteroatoms. The van der Waals surface area contributed by atoms with Gasteiger partial charge in [0.1, 0.15) is 17.0 Å². The van der Waals surface area contributed by atoms with Crippen LogP contribution in [0.4, 0.5) is 0 Å². The molecule has 4 rings (SSSR count). The number of imidazole rings is 1. The number of para-hydroxylation sites is 1. The van der Waals surface area contributed by atoms with Crippen LogP contribution in [0.2, 0.25) is 0 Å². The summed E-state index contributed by atoms with van der Waals surface area (Å²) in [5.74, 6) is 1.24. The zero-order valence-electron chi connectivity index (χ0n) is 18.1. The van der Waals surface area contributed by atoms with E-state index in [-0.39, 0.29) is 24.2 Å². The predicted octanol–water partition coefficient (Wildman–Crippen LogP) is 1.89. The van der Waals surface area contributed by atoms with Gasteiger partial charge in [0.2, 0.25) is 10.0 Å². The average Bonchev–Trinajstić information content (AvgIpc) is 3.42. The molecule has 3 aromatic rings. The van der Waals surface area contributed by atoms with Crippen LogP contribution in [0.1, 0.15) is 6.04 Å². The minimum Gasteiger partial charge on any atom is -0.494 e. The van der Waals surface area contributed by atoms with Crippen molar-refractivity contribution < 1.29 is 27.8 Å². The number of pyridine rings is 1. The Morgan fingerprint density at radius 2 is 2.03 bits per heavy atom. The number of aromatic nitrogens is 3. The van der Waals surface area contributed by atoms with Gasteiger partial charge in [-0.3, -0.25) is 4.79 Å². The molecule has 1 aliphatic rings. The number of ether oxygens (including phenoxy) is 2. The number of rotatable bonds is 6. The summed E-state index contributed by atoms with van der Waals surface area (Å²) in [5.41, 5.74) is 1.46. The van der Waals surface area contributed by atoms with Crippen LogP contribution >= 0.6 is 0 Å². The number of hydrogen-bond donors (Lipinski definition) is 1. The maximum Gasteiger partial charge on any atom is 0.290 e. The monoisotopic (exact) mass is 462 g/mol. The Hall–Kier alpha value is -3.02. The van der Waals surface area contributed by atoms with E-state index in [1.165, 1.54) is 4.31 Å². The van der Waals surface area contributed by atoms with Gasteiger partial charge >= 0.3 is 0 Å². The second-order valence-corrected chi connectivity index (χ2v) is 9.65. The van der Waals surface area contributed by atoms with Crippen LogP contribution in [0.15, 0.2) is 42.7 Å². The molecule has 172 valence electrons. The number of benzene rings is 1. The molecule has 0 aliphatic carbocycles. The van der Waals surface area contributed by atoms with Gasteiger partial charge in [-0.1, -0.05) is 18.2 Å². The Morgan fingerprint density at radius 1 is 1.28 bits per heavy atom. The van der Waals surface area contributed by atoms with Crippen LogP contribution in [0.25, 0.3) is 22.4 Å². The first-order valence-electron chi connectivity index (χ1n) is 9.85. The highest BCUT2D eigenvalue weighted by Crippen LogP contribution is 2.32. The van der Waals surface area contributed by atoms with Crippen LogP contribution in [0.3, 0.4) is 0 Å². The van der Waals surface area contributed by atoms with E-state index in [4.69, 9.17) is 24.4 Å². The standard InChI is InChI=1S/C20H24N4O4S.CH2O2/c1-23(2)29(25,26)13-15-11-28-12-17(15)24-10-9-21-20(24)16-8-7-14-5-4-6-18(27-3)19(14)22-16;2-1-3/h4-10,15,17H,11-13H2,1-3H3;1H,(H,2,3)/t15-,17-;/m1./s1. The van der Waals surface area contributed by atoms with Gasteiger partial charge in [-0.2, -0.15) is 0 Å². The zero-order chi connectivity index (χ0) is 23.3. The third-order valence-corrected chi connectivity index (χ3v) is 7.27. The number of carbonyl (C=O) groups is 1. The lowest BCUT2D eigenvalue weighted by atomic mass is 10.1. The summed E-state index contributed by atoms with van der Waals surface area (Å²) < 4.78 is 39.1. The lowest BCUT2D eigenvalue weighted by Crippen LogP contribution is -2.32. The summed E-state index contributed by atoms with van der Waals surface area (Å²) >= 11 is 0. The quantitative estimate of drug-likeness (QED) is 0.551. The molecule has 1 saturated heterocycles. The Labute approximate surface area is 186 Å². The van der Waals surface area contributed by atoms with Crippen molar-refractivity contribution in [3.63, 3.8) is 0 Å². The summed E-state index contributed by atoms with van der Waals surface area (Å²) in [6.07, 6.45) is 3.57. The van der Waals surface area contributed by atoms with Crippen molar-refractivity contribution in [2.24, 2.45) is 5.92 Å². The number of fused-ring (bicyclic) bond motifs is 1. The van der Waals surface area contributed by atoms with Crippen LogP contribution in [-0.2, 0) is 19.6 Å². The molecule has 2 atom stereocenters. The fourth-order valence-corrected chi connectivity index (χ4v) is 4.82. The van der Waals surface area contributed by atoms with Crippen LogP contribution < -0.4 is 4.74 Å². The molecule has 0 spiro atoms. The first-order chi connectivity index (χ1) is 15.3. The molecular weight excluding hydrogens is 436 g/mol. The number of sulfonamides is 1. The smallest absolute Gasteiger partial charge is 0.290 e. The van der Waals surface area contributed by atoms with E-state index in [9.17, 15) is 8.42 Å². The number of hydrogen-bond acceptors (Lipinski definition) is 7. The van der Waals surface area contributed by atoms with E-state index in [1.807, 2.05) is 41.1 Å². The van der Waals surface area contributed by atoms with Crippen molar-refractivity contribution in [1.82, 2.24) is 18.8 Å².